The molecular formula is C27H25NO7. The van der Waals surface area contributed by atoms with Crippen LogP contribution in [-0.2, 0) is 14.3 Å². The van der Waals surface area contributed by atoms with Crippen molar-refractivity contribution >= 4 is 29.3 Å². The summed E-state index contributed by atoms with van der Waals surface area (Å²) in [5.74, 6) is -0.992. The summed E-state index contributed by atoms with van der Waals surface area (Å²) in [6, 6.07) is 19.7. The van der Waals surface area contributed by atoms with Gasteiger partial charge in [-0.1, -0.05) is 17.7 Å². The molecule has 0 saturated heterocycles. The Morgan fingerprint density at radius 1 is 0.743 bits per heavy atom. The van der Waals surface area contributed by atoms with Crippen LogP contribution in [0.15, 0.2) is 72.8 Å². The van der Waals surface area contributed by atoms with Gasteiger partial charge in [0.05, 0.1) is 19.1 Å². The van der Waals surface area contributed by atoms with Crippen LogP contribution in [0.3, 0.4) is 0 Å². The molecule has 0 bridgehead atoms. The number of nitrogens with one attached hydrogen (secondary N) is 1. The van der Waals surface area contributed by atoms with Crippen molar-refractivity contribution < 1.29 is 33.4 Å². The summed E-state index contributed by atoms with van der Waals surface area (Å²) < 4.78 is 15.3. The summed E-state index contributed by atoms with van der Waals surface area (Å²) in [4.78, 5) is 48.4. The van der Waals surface area contributed by atoms with Crippen LogP contribution in [0.5, 0.6) is 11.5 Å². The predicted octanol–water partition coefficient (Wildman–Crippen LogP) is 4.37. The van der Waals surface area contributed by atoms with Crippen LogP contribution in [0.4, 0.5) is 5.69 Å². The lowest BCUT2D eigenvalue weighted by molar-refractivity contribution is -0.143. The number of carbonyl (C=O) groups excluding carboxylic acids is 4. The standard InChI is InChI=1S/C27H25NO7/c1-18-3-5-20(6-4-18)27(32)35-23-11-7-19(8-12-23)24(29)17-34-26(31)16-15-25(30)28-21-9-13-22(33-2)14-10-21/h3-14H,15-17H2,1-2H3,(H,28,30). The first-order chi connectivity index (χ1) is 16.8. The summed E-state index contributed by atoms with van der Waals surface area (Å²) in [5.41, 5.74) is 2.32. The van der Waals surface area contributed by atoms with Crippen LogP contribution in [0.2, 0.25) is 0 Å². The van der Waals surface area contributed by atoms with Gasteiger partial charge < -0.3 is 19.5 Å². The zero-order chi connectivity index (χ0) is 25.2. The molecule has 1 N–H and O–H groups in total. The highest BCUT2D eigenvalue weighted by molar-refractivity contribution is 5.98. The second-order valence-electron chi connectivity index (χ2n) is 7.64. The Morgan fingerprint density at radius 2 is 1.34 bits per heavy atom. The number of amides is 1. The van der Waals surface area contributed by atoms with Crippen molar-refractivity contribution in [3.8, 4) is 11.5 Å². The molecule has 0 aliphatic carbocycles. The molecule has 0 aliphatic rings. The van der Waals surface area contributed by atoms with E-state index in [1.165, 1.54) is 24.3 Å². The number of carbonyl (C=O) groups is 4. The molecule has 3 rings (SSSR count). The molecule has 0 saturated carbocycles. The summed E-state index contributed by atoms with van der Waals surface area (Å²) in [7, 11) is 1.54. The number of aryl methyl sites for hydroxylation is 1. The number of ketones is 1. The third kappa shape index (κ3) is 7.82. The number of benzene rings is 3. The lowest BCUT2D eigenvalue weighted by Crippen LogP contribution is -2.17. The maximum absolute atomic E-state index is 12.3. The highest BCUT2D eigenvalue weighted by Gasteiger charge is 2.13. The lowest BCUT2D eigenvalue weighted by atomic mass is 10.1. The number of Topliss-reactive ketones (excluding diaryl/α,β-unsaturated/α-hetero) is 1. The average molecular weight is 475 g/mol. The van der Waals surface area contributed by atoms with Crippen LogP contribution in [-0.4, -0.2) is 37.3 Å². The zero-order valence-electron chi connectivity index (χ0n) is 19.4. The summed E-state index contributed by atoms with van der Waals surface area (Å²) in [6.45, 7) is 1.46. The first kappa shape index (κ1) is 25.2. The largest absolute Gasteiger partial charge is 0.497 e. The smallest absolute Gasteiger partial charge is 0.343 e. The lowest BCUT2D eigenvalue weighted by Gasteiger charge is -2.08. The Hall–Kier alpha value is -4.46. The number of anilines is 1. The van der Waals surface area contributed by atoms with Gasteiger partial charge in [-0.15, -0.1) is 0 Å². The number of rotatable bonds is 10. The first-order valence-electron chi connectivity index (χ1n) is 10.9. The topological polar surface area (TPSA) is 108 Å². The SMILES string of the molecule is COc1ccc(NC(=O)CCC(=O)OCC(=O)c2ccc(OC(=O)c3ccc(C)cc3)cc2)cc1. The Kier molecular flexibility index (Phi) is 8.72. The molecule has 3 aromatic rings. The molecule has 8 nitrogen and oxygen atoms in total. The minimum Gasteiger partial charge on any atom is -0.497 e. The fourth-order valence-corrected chi connectivity index (χ4v) is 2.98. The molecule has 3 aromatic carbocycles. The van der Waals surface area contributed by atoms with E-state index in [2.05, 4.69) is 5.32 Å². The molecule has 8 heteroatoms. The molecule has 1 amide bonds. The minimum atomic E-state index is -0.660. The van der Waals surface area contributed by atoms with Crippen molar-refractivity contribution in [2.45, 2.75) is 19.8 Å². The molecule has 0 spiro atoms. The quantitative estimate of drug-likeness (QED) is 0.264. The maximum Gasteiger partial charge on any atom is 0.343 e. The second kappa shape index (κ2) is 12.1. The van der Waals surface area contributed by atoms with Gasteiger partial charge >= 0.3 is 11.9 Å². The number of hydrogen-bond acceptors (Lipinski definition) is 7. The third-order valence-electron chi connectivity index (χ3n) is 4.97. The third-order valence-corrected chi connectivity index (χ3v) is 4.97. The number of methoxy groups -OCH3 is 1. The summed E-state index contributed by atoms with van der Waals surface area (Å²) in [6.07, 6.45) is -0.247. The van der Waals surface area contributed by atoms with Gasteiger partial charge in [-0.3, -0.25) is 14.4 Å². The van der Waals surface area contributed by atoms with E-state index in [0.717, 1.165) is 5.56 Å². The van der Waals surface area contributed by atoms with Gasteiger partial charge in [-0.05, 0) is 67.6 Å². The number of hydrogen-bond donors (Lipinski definition) is 1. The monoisotopic (exact) mass is 475 g/mol. The van der Waals surface area contributed by atoms with Gasteiger partial charge in [-0.2, -0.15) is 0 Å². The van der Waals surface area contributed by atoms with E-state index < -0.39 is 24.3 Å². The normalized spacial score (nSPS) is 10.2. The summed E-state index contributed by atoms with van der Waals surface area (Å²) in [5, 5.41) is 2.67. The Labute approximate surface area is 202 Å². The van der Waals surface area contributed by atoms with Gasteiger partial charge in [0.15, 0.2) is 12.4 Å². The van der Waals surface area contributed by atoms with Gasteiger partial charge in [0.25, 0.3) is 0 Å². The van der Waals surface area contributed by atoms with Crippen molar-refractivity contribution in [3.05, 3.63) is 89.5 Å². The highest BCUT2D eigenvalue weighted by atomic mass is 16.5. The van der Waals surface area contributed by atoms with Crippen LogP contribution in [0.1, 0.15) is 39.1 Å². The van der Waals surface area contributed by atoms with Gasteiger partial charge in [0.2, 0.25) is 5.91 Å². The fraction of sp³-hybridized carbons (Fsp3) is 0.185. The number of ether oxygens (including phenoxy) is 3. The molecule has 0 unspecified atom stereocenters. The maximum atomic E-state index is 12.3. The van der Waals surface area contributed by atoms with Crippen LogP contribution < -0.4 is 14.8 Å². The number of esters is 2. The van der Waals surface area contributed by atoms with Crippen LogP contribution >= 0.6 is 0 Å². The fourth-order valence-electron chi connectivity index (χ4n) is 2.98. The minimum absolute atomic E-state index is 0.0832. The van der Waals surface area contributed by atoms with Crippen molar-refractivity contribution in [1.82, 2.24) is 0 Å². The predicted molar refractivity (Wildman–Crippen MR) is 129 cm³/mol. The molecule has 180 valence electrons. The molecular weight excluding hydrogens is 450 g/mol. The van der Waals surface area contributed by atoms with Crippen molar-refractivity contribution in [2.75, 3.05) is 19.0 Å². The second-order valence-corrected chi connectivity index (χ2v) is 7.64. The van der Waals surface area contributed by atoms with Crippen molar-refractivity contribution in [2.24, 2.45) is 0 Å². The van der Waals surface area contributed by atoms with Crippen molar-refractivity contribution in [1.29, 1.82) is 0 Å². The first-order valence-corrected chi connectivity index (χ1v) is 10.9. The van der Waals surface area contributed by atoms with Crippen LogP contribution in [0.25, 0.3) is 0 Å². The van der Waals surface area contributed by atoms with E-state index in [9.17, 15) is 19.2 Å². The molecule has 0 aliphatic heterocycles. The molecule has 0 heterocycles. The highest BCUT2D eigenvalue weighted by Crippen LogP contribution is 2.16. The Bertz CT molecular complexity index is 1180. The van der Waals surface area contributed by atoms with E-state index in [1.54, 1.807) is 43.5 Å². The van der Waals surface area contributed by atoms with Gasteiger partial charge in [0.1, 0.15) is 11.5 Å². The van der Waals surface area contributed by atoms with E-state index in [0.29, 0.717) is 22.6 Å². The van der Waals surface area contributed by atoms with Gasteiger partial charge in [-0.25, -0.2) is 4.79 Å². The van der Waals surface area contributed by atoms with E-state index in [4.69, 9.17) is 14.2 Å². The molecule has 0 aromatic heterocycles. The van der Waals surface area contributed by atoms with Crippen molar-refractivity contribution in [3.63, 3.8) is 0 Å². The molecule has 0 atom stereocenters. The van der Waals surface area contributed by atoms with E-state index in [1.807, 2.05) is 19.1 Å². The van der Waals surface area contributed by atoms with E-state index in [-0.39, 0.29) is 24.5 Å². The van der Waals surface area contributed by atoms with Crippen LogP contribution in [0, 0.1) is 6.92 Å². The molecule has 0 fully saturated rings. The molecule has 0 radical (unpaired) electrons. The summed E-state index contributed by atoms with van der Waals surface area (Å²) >= 11 is 0. The molecule has 35 heavy (non-hydrogen) atoms. The van der Waals surface area contributed by atoms with E-state index >= 15 is 0 Å². The van der Waals surface area contributed by atoms with Gasteiger partial charge in [0, 0.05) is 17.7 Å². The Balaban J connectivity index is 1.40. The Morgan fingerprint density at radius 3 is 1.97 bits per heavy atom. The average Bonchev–Trinajstić information content (AvgIpc) is 2.87. The zero-order valence-corrected chi connectivity index (χ0v) is 19.4.